The second kappa shape index (κ2) is 4.86. The number of nitrogens with zero attached hydrogens (tertiary/aromatic N) is 1. The van der Waals surface area contributed by atoms with Crippen LogP contribution in [0.5, 0.6) is 0 Å². The Kier molecular flexibility index (Phi) is 3.02. The maximum absolute atomic E-state index is 12.1. The average Bonchev–Trinajstić information content (AvgIpc) is 2.47. The van der Waals surface area contributed by atoms with E-state index in [9.17, 15) is 9.59 Å². The number of benzene rings is 1. The van der Waals surface area contributed by atoms with Gasteiger partial charge in [-0.15, -0.1) is 6.58 Å². The van der Waals surface area contributed by atoms with Gasteiger partial charge in [-0.05, 0) is 23.6 Å². The number of carbonyl (C=O) groups is 1. The lowest BCUT2D eigenvalue weighted by Crippen LogP contribution is -2.08. The van der Waals surface area contributed by atoms with Gasteiger partial charge in [0.15, 0.2) is 0 Å². The number of fused-ring (bicyclic) bond motifs is 3. The first-order valence-corrected chi connectivity index (χ1v) is 6.39. The maximum Gasteiger partial charge on any atom is 0.335 e. The number of aromatic nitrogens is 2. The third kappa shape index (κ3) is 2.18. The van der Waals surface area contributed by atoms with Crippen LogP contribution < -0.4 is 5.56 Å². The molecule has 0 amide bonds. The number of aromatic carboxylic acids is 1. The molecule has 0 aliphatic rings. The van der Waals surface area contributed by atoms with Crippen LogP contribution in [-0.2, 0) is 6.42 Å². The molecule has 2 heterocycles. The Bertz CT molecular complexity index is 941. The van der Waals surface area contributed by atoms with Crippen molar-refractivity contribution in [2.45, 2.75) is 6.42 Å². The van der Waals surface area contributed by atoms with E-state index in [1.54, 1.807) is 12.1 Å². The summed E-state index contributed by atoms with van der Waals surface area (Å²) in [7, 11) is 0. The van der Waals surface area contributed by atoms with Crippen molar-refractivity contribution in [3.05, 3.63) is 64.7 Å². The quantitative estimate of drug-likeness (QED) is 0.570. The molecule has 0 radical (unpaired) electrons. The number of carboxylic acids is 1. The van der Waals surface area contributed by atoms with Crippen LogP contribution in [0.1, 0.15) is 16.1 Å². The molecule has 3 aromatic rings. The van der Waals surface area contributed by atoms with Crippen molar-refractivity contribution in [2.75, 3.05) is 0 Å². The fraction of sp³-hybridized carbons (Fsp3) is 0.0625. The molecule has 0 bridgehead atoms. The molecule has 0 fully saturated rings. The van der Waals surface area contributed by atoms with Crippen LogP contribution in [0.15, 0.2) is 47.9 Å². The Labute approximate surface area is 119 Å². The van der Waals surface area contributed by atoms with Gasteiger partial charge in [0, 0.05) is 29.2 Å². The monoisotopic (exact) mass is 280 g/mol. The highest BCUT2D eigenvalue weighted by molar-refractivity contribution is 6.06. The van der Waals surface area contributed by atoms with Crippen LogP contribution in [0, 0.1) is 0 Å². The highest BCUT2D eigenvalue weighted by Crippen LogP contribution is 2.22. The summed E-state index contributed by atoms with van der Waals surface area (Å²) in [6.45, 7) is 3.67. The lowest BCUT2D eigenvalue weighted by atomic mass is 10.0. The predicted molar refractivity (Wildman–Crippen MR) is 80.7 cm³/mol. The van der Waals surface area contributed by atoms with Crippen LogP contribution in [0.4, 0.5) is 0 Å². The molecule has 2 N–H and O–H groups in total. The Hall–Kier alpha value is -2.95. The van der Waals surface area contributed by atoms with E-state index in [-0.39, 0.29) is 11.1 Å². The number of allylic oxidation sites excluding steroid dienone is 1. The number of carboxylic acid groups (broad SMARTS) is 1. The van der Waals surface area contributed by atoms with Crippen LogP contribution >= 0.6 is 0 Å². The molecule has 0 saturated carbocycles. The summed E-state index contributed by atoms with van der Waals surface area (Å²) in [6.07, 6.45) is 3.89. The topological polar surface area (TPSA) is 83.0 Å². The Morgan fingerprint density at radius 1 is 1.29 bits per heavy atom. The summed E-state index contributed by atoms with van der Waals surface area (Å²) >= 11 is 0. The lowest BCUT2D eigenvalue weighted by Gasteiger charge is -2.06. The zero-order chi connectivity index (χ0) is 15.0. The first kappa shape index (κ1) is 13.1. The van der Waals surface area contributed by atoms with Crippen molar-refractivity contribution < 1.29 is 9.90 Å². The van der Waals surface area contributed by atoms with E-state index in [4.69, 9.17) is 5.11 Å². The van der Waals surface area contributed by atoms with E-state index < -0.39 is 5.97 Å². The molecule has 0 aliphatic carbocycles. The van der Waals surface area contributed by atoms with Gasteiger partial charge in [0.25, 0.3) is 5.56 Å². The van der Waals surface area contributed by atoms with Gasteiger partial charge >= 0.3 is 5.97 Å². The molecule has 0 aliphatic heterocycles. The molecule has 0 saturated heterocycles. The van der Waals surface area contributed by atoms with Gasteiger partial charge in [0.05, 0.1) is 10.9 Å². The molecule has 2 aromatic heterocycles. The standard InChI is InChI=1S/C16H12N2O3/c1-2-3-10-7-12-11-5-4-9(16(20)21)6-14(11)18-15(19)13(12)8-17-10/h2,4-8H,1,3H2,(H,18,19)(H,20,21). The highest BCUT2D eigenvalue weighted by atomic mass is 16.4. The van der Waals surface area contributed by atoms with Gasteiger partial charge in [-0.3, -0.25) is 9.78 Å². The molecule has 21 heavy (non-hydrogen) atoms. The van der Waals surface area contributed by atoms with Crippen LogP contribution in [0.25, 0.3) is 21.7 Å². The summed E-state index contributed by atoms with van der Waals surface area (Å²) in [5, 5.41) is 11.1. The van der Waals surface area contributed by atoms with Crippen molar-refractivity contribution >= 4 is 27.6 Å². The zero-order valence-corrected chi connectivity index (χ0v) is 11.1. The number of nitrogens with one attached hydrogen (secondary N) is 1. The minimum atomic E-state index is -1.03. The molecule has 5 heteroatoms. The molecule has 0 atom stereocenters. The lowest BCUT2D eigenvalue weighted by molar-refractivity contribution is 0.0697. The van der Waals surface area contributed by atoms with Crippen molar-refractivity contribution in [3.8, 4) is 0 Å². The van der Waals surface area contributed by atoms with Crippen molar-refractivity contribution in [2.24, 2.45) is 0 Å². The number of pyridine rings is 2. The van der Waals surface area contributed by atoms with Gasteiger partial charge in [-0.1, -0.05) is 12.1 Å². The Morgan fingerprint density at radius 3 is 2.81 bits per heavy atom. The van der Waals surface area contributed by atoms with E-state index in [1.165, 1.54) is 18.3 Å². The third-order valence-electron chi connectivity index (χ3n) is 3.36. The number of hydrogen-bond acceptors (Lipinski definition) is 3. The third-order valence-corrected chi connectivity index (χ3v) is 3.36. The minimum Gasteiger partial charge on any atom is -0.478 e. The van der Waals surface area contributed by atoms with Crippen LogP contribution in [0.2, 0.25) is 0 Å². The summed E-state index contributed by atoms with van der Waals surface area (Å²) in [5.74, 6) is -1.03. The molecule has 5 nitrogen and oxygen atoms in total. The summed E-state index contributed by atoms with van der Waals surface area (Å²) in [5.41, 5.74) is 1.17. The first-order chi connectivity index (χ1) is 10.1. The minimum absolute atomic E-state index is 0.137. The van der Waals surface area contributed by atoms with E-state index in [2.05, 4.69) is 16.5 Å². The average molecular weight is 280 g/mol. The summed E-state index contributed by atoms with van der Waals surface area (Å²) in [6, 6.07) is 6.53. The second-order valence-electron chi connectivity index (χ2n) is 4.73. The molecule has 104 valence electrons. The van der Waals surface area contributed by atoms with Crippen molar-refractivity contribution in [3.63, 3.8) is 0 Å². The summed E-state index contributed by atoms with van der Waals surface area (Å²) in [4.78, 5) is 30.0. The van der Waals surface area contributed by atoms with Crippen LogP contribution in [0.3, 0.4) is 0 Å². The van der Waals surface area contributed by atoms with Crippen molar-refractivity contribution in [1.29, 1.82) is 0 Å². The predicted octanol–water partition coefficient (Wildman–Crippen LogP) is 2.50. The van der Waals surface area contributed by atoms with E-state index in [0.717, 1.165) is 16.5 Å². The number of hydrogen-bond donors (Lipinski definition) is 2. The smallest absolute Gasteiger partial charge is 0.335 e. The fourth-order valence-electron chi connectivity index (χ4n) is 2.37. The van der Waals surface area contributed by atoms with Gasteiger partial charge in [-0.25, -0.2) is 4.79 Å². The maximum atomic E-state index is 12.1. The van der Waals surface area contributed by atoms with E-state index in [0.29, 0.717) is 17.3 Å². The number of rotatable bonds is 3. The largest absolute Gasteiger partial charge is 0.478 e. The van der Waals surface area contributed by atoms with Crippen molar-refractivity contribution in [1.82, 2.24) is 9.97 Å². The van der Waals surface area contributed by atoms with E-state index in [1.807, 2.05) is 6.07 Å². The molecule has 0 unspecified atom stereocenters. The zero-order valence-electron chi connectivity index (χ0n) is 11.1. The van der Waals surface area contributed by atoms with Gasteiger partial charge in [0.2, 0.25) is 0 Å². The molecular formula is C16H12N2O3. The highest BCUT2D eigenvalue weighted by Gasteiger charge is 2.09. The first-order valence-electron chi connectivity index (χ1n) is 6.39. The second-order valence-corrected chi connectivity index (χ2v) is 4.73. The van der Waals surface area contributed by atoms with E-state index >= 15 is 0 Å². The molecule has 3 rings (SSSR count). The Balaban J connectivity index is 2.39. The SMILES string of the molecule is C=CCc1cc2c(cn1)c(=O)[nH]c1cc(C(=O)O)ccc12. The Morgan fingerprint density at radius 2 is 2.10 bits per heavy atom. The molecule has 0 spiro atoms. The fourth-order valence-corrected chi connectivity index (χ4v) is 2.37. The summed E-state index contributed by atoms with van der Waals surface area (Å²) < 4.78 is 0. The van der Waals surface area contributed by atoms with Gasteiger partial charge in [0.1, 0.15) is 0 Å². The molecular weight excluding hydrogens is 268 g/mol. The normalized spacial score (nSPS) is 10.9. The van der Waals surface area contributed by atoms with Crippen LogP contribution in [-0.4, -0.2) is 21.0 Å². The number of aromatic amines is 1. The van der Waals surface area contributed by atoms with Gasteiger partial charge in [-0.2, -0.15) is 0 Å². The number of H-pyrrole nitrogens is 1. The molecule has 1 aromatic carbocycles. The van der Waals surface area contributed by atoms with Gasteiger partial charge < -0.3 is 10.1 Å².